The van der Waals surface area contributed by atoms with Gasteiger partial charge >= 0.3 is 6.01 Å². The minimum absolute atomic E-state index is 0.185. The Morgan fingerprint density at radius 3 is 2.79 bits per heavy atom. The molecule has 0 bridgehead atoms. The summed E-state index contributed by atoms with van der Waals surface area (Å²) in [6.45, 7) is 0.644. The predicted molar refractivity (Wildman–Crippen MR) is 69.4 cm³/mol. The van der Waals surface area contributed by atoms with Crippen LogP contribution in [0.15, 0.2) is 6.07 Å². The van der Waals surface area contributed by atoms with Crippen LogP contribution in [0.2, 0.25) is 0 Å². The third-order valence-electron chi connectivity index (χ3n) is 3.23. The lowest BCUT2D eigenvalue weighted by atomic mass is 10.2. The van der Waals surface area contributed by atoms with Gasteiger partial charge in [0.25, 0.3) is 0 Å². The molecule has 1 aliphatic rings. The number of ether oxygens (including phenoxy) is 2. The number of aromatic nitrogens is 2. The van der Waals surface area contributed by atoms with E-state index in [2.05, 4.69) is 15.3 Å². The summed E-state index contributed by atoms with van der Waals surface area (Å²) in [5.74, 6) is 1.24. The average molecular weight is 266 g/mol. The summed E-state index contributed by atoms with van der Waals surface area (Å²) in [4.78, 5) is 21.4. The maximum absolute atomic E-state index is 11.4. The van der Waals surface area contributed by atoms with Crippen molar-refractivity contribution >= 4 is 11.7 Å². The first-order chi connectivity index (χ1) is 9.13. The number of methoxy groups -OCH3 is 2. The van der Waals surface area contributed by atoms with Crippen LogP contribution in [0.1, 0.15) is 12.8 Å². The van der Waals surface area contributed by atoms with Crippen molar-refractivity contribution in [2.75, 3.05) is 33.1 Å². The lowest BCUT2D eigenvalue weighted by Crippen LogP contribution is -2.34. The maximum atomic E-state index is 11.4. The van der Waals surface area contributed by atoms with E-state index in [1.165, 1.54) is 14.2 Å². The first kappa shape index (κ1) is 13.4. The molecule has 1 atom stereocenters. The van der Waals surface area contributed by atoms with E-state index in [-0.39, 0.29) is 18.0 Å². The van der Waals surface area contributed by atoms with Gasteiger partial charge in [-0.2, -0.15) is 9.97 Å². The lowest BCUT2D eigenvalue weighted by molar-refractivity contribution is -0.127. The molecule has 7 nitrogen and oxygen atoms in total. The van der Waals surface area contributed by atoms with Crippen molar-refractivity contribution in [3.8, 4) is 11.9 Å². The normalized spacial score (nSPS) is 18.6. The van der Waals surface area contributed by atoms with Gasteiger partial charge in [0.2, 0.25) is 11.8 Å². The Labute approximate surface area is 111 Å². The van der Waals surface area contributed by atoms with E-state index in [1.54, 1.807) is 11.0 Å². The molecule has 0 saturated carbocycles. The van der Waals surface area contributed by atoms with E-state index in [4.69, 9.17) is 9.47 Å². The molecule has 0 radical (unpaired) electrons. The van der Waals surface area contributed by atoms with E-state index in [9.17, 15) is 4.79 Å². The van der Waals surface area contributed by atoms with Crippen molar-refractivity contribution < 1.29 is 14.3 Å². The van der Waals surface area contributed by atoms with Gasteiger partial charge < -0.3 is 19.7 Å². The first-order valence-corrected chi connectivity index (χ1v) is 6.10. The fourth-order valence-electron chi connectivity index (χ4n) is 2.02. The molecule has 0 aliphatic carbocycles. The summed E-state index contributed by atoms with van der Waals surface area (Å²) in [6.07, 6.45) is 1.47. The molecule has 1 aliphatic heterocycles. The number of nitrogens with zero attached hydrogens (tertiary/aromatic N) is 3. The van der Waals surface area contributed by atoms with Crippen LogP contribution in [0.25, 0.3) is 0 Å². The number of amides is 1. The molecule has 0 spiro atoms. The summed E-state index contributed by atoms with van der Waals surface area (Å²) < 4.78 is 10.1. The number of nitrogens with one attached hydrogen (secondary N) is 1. The Balaban J connectivity index is 2.01. The maximum Gasteiger partial charge on any atom is 0.321 e. The van der Waals surface area contributed by atoms with Crippen molar-refractivity contribution in [3.05, 3.63) is 6.07 Å². The second-order valence-corrected chi connectivity index (χ2v) is 4.36. The molecule has 1 amide bonds. The van der Waals surface area contributed by atoms with E-state index in [1.807, 2.05) is 7.05 Å². The molecule has 2 rings (SSSR count). The topological polar surface area (TPSA) is 76.6 Å². The van der Waals surface area contributed by atoms with E-state index in [0.29, 0.717) is 24.7 Å². The third-order valence-corrected chi connectivity index (χ3v) is 3.23. The van der Waals surface area contributed by atoms with Gasteiger partial charge in [-0.05, 0) is 6.42 Å². The summed E-state index contributed by atoms with van der Waals surface area (Å²) in [5, 5.41) is 3.18. The number of likely N-dealkylation sites (tertiary alicyclic amines) is 1. The Hall–Kier alpha value is -2.05. The Morgan fingerprint density at radius 1 is 1.42 bits per heavy atom. The van der Waals surface area contributed by atoms with E-state index in [0.717, 1.165) is 6.42 Å². The fourth-order valence-corrected chi connectivity index (χ4v) is 2.02. The van der Waals surface area contributed by atoms with Crippen LogP contribution in [-0.4, -0.2) is 54.6 Å². The van der Waals surface area contributed by atoms with Crippen LogP contribution in [0.3, 0.4) is 0 Å². The van der Waals surface area contributed by atoms with Gasteiger partial charge in [0.1, 0.15) is 5.82 Å². The molecule has 2 heterocycles. The number of carbonyl (C=O) groups is 1. The summed E-state index contributed by atoms with van der Waals surface area (Å²) in [5.41, 5.74) is 0. The van der Waals surface area contributed by atoms with Crippen LogP contribution >= 0.6 is 0 Å². The highest BCUT2D eigenvalue weighted by Crippen LogP contribution is 2.19. The molecule has 1 fully saturated rings. The summed E-state index contributed by atoms with van der Waals surface area (Å²) in [6, 6.07) is 2.14. The predicted octanol–water partition coefficient (Wildman–Crippen LogP) is 0.526. The molecule has 19 heavy (non-hydrogen) atoms. The molecular weight excluding hydrogens is 248 g/mol. The van der Waals surface area contributed by atoms with Gasteiger partial charge in [-0.1, -0.05) is 0 Å². The monoisotopic (exact) mass is 266 g/mol. The largest absolute Gasteiger partial charge is 0.481 e. The van der Waals surface area contributed by atoms with Gasteiger partial charge in [-0.3, -0.25) is 4.79 Å². The molecule has 7 heteroatoms. The first-order valence-electron chi connectivity index (χ1n) is 6.10. The molecule has 1 unspecified atom stereocenters. The van der Waals surface area contributed by atoms with Gasteiger partial charge in [-0.15, -0.1) is 0 Å². The average Bonchev–Trinajstić information content (AvgIpc) is 2.76. The minimum Gasteiger partial charge on any atom is -0.481 e. The van der Waals surface area contributed by atoms with Crippen LogP contribution in [-0.2, 0) is 4.79 Å². The second kappa shape index (κ2) is 5.73. The molecular formula is C12H18N4O3. The zero-order valence-electron chi connectivity index (χ0n) is 11.3. The zero-order chi connectivity index (χ0) is 13.8. The van der Waals surface area contributed by atoms with Crippen molar-refractivity contribution in [3.63, 3.8) is 0 Å². The van der Waals surface area contributed by atoms with Gasteiger partial charge in [0.15, 0.2) is 0 Å². The van der Waals surface area contributed by atoms with Crippen LogP contribution in [0.4, 0.5) is 5.82 Å². The molecule has 104 valence electrons. The van der Waals surface area contributed by atoms with Crippen LogP contribution in [0, 0.1) is 0 Å². The summed E-state index contributed by atoms with van der Waals surface area (Å²) >= 11 is 0. The van der Waals surface area contributed by atoms with Crippen molar-refractivity contribution in [1.82, 2.24) is 14.9 Å². The Kier molecular flexibility index (Phi) is 4.03. The van der Waals surface area contributed by atoms with E-state index >= 15 is 0 Å². The number of likely N-dealkylation sites (N-methyl/N-ethyl adjacent to an activating group) is 1. The van der Waals surface area contributed by atoms with Crippen LogP contribution in [0.5, 0.6) is 11.9 Å². The summed E-state index contributed by atoms with van der Waals surface area (Å²) in [7, 11) is 4.86. The molecule has 0 aromatic carbocycles. The molecule has 1 saturated heterocycles. The number of carbonyl (C=O) groups excluding carboxylic acids is 1. The van der Waals surface area contributed by atoms with Crippen molar-refractivity contribution in [2.24, 2.45) is 0 Å². The smallest absolute Gasteiger partial charge is 0.321 e. The van der Waals surface area contributed by atoms with Gasteiger partial charge in [-0.25, -0.2) is 0 Å². The fraction of sp³-hybridized carbons (Fsp3) is 0.583. The number of hydrogen-bond acceptors (Lipinski definition) is 6. The highest BCUT2D eigenvalue weighted by Gasteiger charge is 2.27. The SMILES string of the molecule is COc1cc(NCC2CCC(=O)N2C)nc(OC)n1. The van der Waals surface area contributed by atoms with Gasteiger partial charge in [0.05, 0.1) is 14.2 Å². The van der Waals surface area contributed by atoms with Gasteiger partial charge in [0, 0.05) is 32.1 Å². The lowest BCUT2D eigenvalue weighted by Gasteiger charge is -2.20. The highest BCUT2D eigenvalue weighted by molar-refractivity contribution is 5.78. The second-order valence-electron chi connectivity index (χ2n) is 4.36. The zero-order valence-corrected chi connectivity index (χ0v) is 11.3. The molecule has 1 N–H and O–H groups in total. The Bertz CT molecular complexity index is 444. The third kappa shape index (κ3) is 3.04. The van der Waals surface area contributed by atoms with Crippen LogP contribution < -0.4 is 14.8 Å². The number of hydrogen-bond donors (Lipinski definition) is 1. The Morgan fingerprint density at radius 2 is 2.21 bits per heavy atom. The molecule has 1 aromatic heterocycles. The quantitative estimate of drug-likeness (QED) is 0.837. The standard InChI is InChI=1S/C12H18N4O3/c1-16-8(4-5-11(16)17)7-13-9-6-10(18-2)15-12(14-9)19-3/h6,8H,4-5,7H2,1-3H3,(H,13,14,15). The van der Waals surface area contributed by atoms with E-state index < -0.39 is 0 Å². The number of rotatable bonds is 5. The highest BCUT2D eigenvalue weighted by atomic mass is 16.5. The van der Waals surface area contributed by atoms with Crippen molar-refractivity contribution in [2.45, 2.75) is 18.9 Å². The van der Waals surface area contributed by atoms with Crippen molar-refractivity contribution in [1.29, 1.82) is 0 Å². The molecule has 1 aromatic rings. The minimum atomic E-state index is 0.185. The number of anilines is 1.